The molecule has 1 aromatic carbocycles. The Bertz CT molecular complexity index is 473. The van der Waals surface area contributed by atoms with Gasteiger partial charge in [-0.2, -0.15) is 0 Å². The number of rotatable bonds is 7. The van der Waals surface area contributed by atoms with Gasteiger partial charge in [0, 0.05) is 11.6 Å². The fraction of sp³-hybridized carbons (Fsp3) is 0.500. The highest BCUT2D eigenvalue weighted by molar-refractivity contribution is 5.68. The van der Waals surface area contributed by atoms with E-state index in [4.69, 9.17) is 25.1 Å². The topological polar surface area (TPSA) is 91.0 Å². The number of carbonyl (C=O) groups is 1. The summed E-state index contributed by atoms with van der Waals surface area (Å²) in [5.41, 5.74) is 6.51. The van der Waals surface area contributed by atoms with Gasteiger partial charge in [-0.3, -0.25) is 4.79 Å². The lowest BCUT2D eigenvalue weighted by Crippen LogP contribution is -2.18. The summed E-state index contributed by atoms with van der Waals surface area (Å²) in [7, 11) is 3.02. The highest BCUT2D eigenvalue weighted by Crippen LogP contribution is 2.42. The van der Waals surface area contributed by atoms with E-state index < -0.39 is 12.0 Å². The van der Waals surface area contributed by atoms with Crippen molar-refractivity contribution in [1.82, 2.24) is 0 Å². The van der Waals surface area contributed by atoms with Crippen molar-refractivity contribution in [3.8, 4) is 17.2 Å². The number of hydrogen-bond acceptors (Lipinski definition) is 5. The molecule has 1 rings (SSSR count). The van der Waals surface area contributed by atoms with E-state index in [0.29, 0.717) is 22.8 Å². The van der Waals surface area contributed by atoms with Crippen molar-refractivity contribution in [3.63, 3.8) is 0 Å². The molecule has 0 saturated heterocycles. The molecule has 1 atom stereocenters. The molecule has 6 heteroatoms. The molecule has 0 radical (unpaired) electrons. The molecule has 6 nitrogen and oxygen atoms in total. The highest BCUT2D eigenvalue weighted by Gasteiger charge is 2.22. The molecule has 0 amide bonds. The summed E-state index contributed by atoms with van der Waals surface area (Å²) < 4.78 is 16.3. The maximum absolute atomic E-state index is 10.8. The SMILES string of the molecule is COc1ccc(C(N)CC(=O)O)c(OC(C)C)c1OC. The van der Waals surface area contributed by atoms with Crippen LogP contribution in [-0.2, 0) is 4.79 Å². The zero-order valence-electron chi connectivity index (χ0n) is 12.2. The van der Waals surface area contributed by atoms with Gasteiger partial charge in [-0.1, -0.05) is 0 Å². The summed E-state index contributed by atoms with van der Waals surface area (Å²) in [6.07, 6.45) is -0.295. The van der Waals surface area contributed by atoms with Crippen LogP contribution in [0, 0.1) is 0 Å². The van der Waals surface area contributed by atoms with Crippen LogP contribution in [0.25, 0.3) is 0 Å². The molecule has 0 spiro atoms. The Morgan fingerprint density at radius 1 is 1.25 bits per heavy atom. The van der Waals surface area contributed by atoms with E-state index in [0.717, 1.165) is 0 Å². The highest BCUT2D eigenvalue weighted by atomic mass is 16.5. The summed E-state index contributed by atoms with van der Waals surface area (Å²) in [6.45, 7) is 3.73. The Morgan fingerprint density at radius 2 is 1.90 bits per heavy atom. The van der Waals surface area contributed by atoms with Crippen molar-refractivity contribution in [3.05, 3.63) is 17.7 Å². The number of hydrogen-bond donors (Lipinski definition) is 2. The second kappa shape index (κ2) is 7.00. The third-order valence-electron chi connectivity index (χ3n) is 2.68. The van der Waals surface area contributed by atoms with Crippen molar-refractivity contribution in [2.45, 2.75) is 32.4 Å². The van der Waals surface area contributed by atoms with Crippen molar-refractivity contribution >= 4 is 5.97 Å². The van der Waals surface area contributed by atoms with Gasteiger partial charge in [0.05, 0.1) is 26.7 Å². The smallest absolute Gasteiger partial charge is 0.305 e. The minimum absolute atomic E-state index is 0.105. The van der Waals surface area contributed by atoms with E-state index in [2.05, 4.69) is 0 Å². The summed E-state index contributed by atoms with van der Waals surface area (Å²) in [6, 6.07) is 2.71. The van der Waals surface area contributed by atoms with Gasteiger partial charge in [0.25, 0.3) is 0 Å². The maximum atomic E-state index is 10.8. The first-order chi connectivity index (χ1) is 9.40. The van der Waals surface area contributed by atoms with Crippen molar-refractivity contribution in [2.75, 3.05) is 14.2 Å². The molecule has 0 aliphatic carbocycles. The lowest BCUT2D eigenvalue weighted by Gasteiger charge is -2.21. The van der Waals surface area contributed by atoms with Crippen LogP contribution >= 0.6 is 0 Å². The van der Waals surface area contributed by atoms with E-state index in [1.165, 1.54) is 14.2 Å². The van der Waals surface area contributed by atoms with Gasteiger partial charge >= 0.3 is 5.97 Å². The molecule has 0 aliphatic heterocycles. The average molecular weight is 283 g/mol. The number of methoxy groups -OCH3 is 2. The predicted octanol–water partition coefficient (Wildman–Crippen LogP) is 1.97. The average Bonchev–Trinajstić information content (AvgIpc) is 2.36. The zero-order chi connectivity index (χ0) is 15.3. The first kappa shape index (κ1) is 16.1. The molecule has 0 aromatic heterocycles. The third-order valence-corrected chi connectivity index (χ3v) is 2.68. The van der Waals surface area contributed by atoms with Crippen LogP contribution in [0.4, 0.5) is 0 Å². The molecule has 1 aromatic rings. The number of benzene rings is 1. The van der Waals surface area contributed by atoms with Crippen LogP contribution in [0.2, 0.25) is 0 Å². The summed E-state index contributed by atoms with van der Waals surface area (Å²) >= 11 is 0. The number of nitrogens with two attached hydrogens (primary N) is 1. The Hall–Kier alpha value is -1.95. The largest absolute Gasteiger partial charge is 0.493 e. The van der Waals surface area contributed by atoms with E-state index in [1.807, 2.05) is 13.8 Å². The number of carboxylic acids is 1. The molecule has 0 saturated carbocycles. The zero-order valence-corrected chi connectivity index (χ0v) is 12.2. The monoisotopic (exact) mass is 283 g/mol. The third kappa shape index (κ3) is 3.77. The second-order valence-corrected chi connectivity index (χ2v) is 4.59. The van der Waals surface area contributed by atoms with Crippen LogP contribution in [-0.4, -0.2) is 31.4 Å². The fourth-order valence-electron chi connectivity index (χ4n) is 1.86. The molecular weight excluding hydrogens is 262 g/mol. The summed E-state index contributed by atoms with van der Waals surface area (Å²) in [5, 5.41) is 8.87. The van der Waals surface area contributed by atoms with E-state index in [9.17, 15) is 4.79 Å². The van der Waals surface area contributed by atoms with Crippen LogP contribution in [0.3, 0.4) is 0 Å². The molecule has 3 N–H and O–H groups in total. The van der Waals surface area contributed by atoms with Gasteiger partial charge < -0.3 is 25.1 Å². The molecular formula is C14H21NO5. The maximum Gasteiger partial charge on any atom is 0.305 e. The first-order valence-electron chi connectivity index (χ1n) is 6.29. The number of ether oxygens (including phenoxy) is 3. The van der Waals surface area contributed by atoms with Crippen LogP contribution in [0.1, 0.15) is 31.9 Å². The van der Waals surface area contributed by atoms with Crippen LogP contribution < -0.4 is 19.9 Å². The van der Waals surface area contributed by atoms with E-state index in [1.54, 1.807) is 12.1 Å². The fourth-order valence-corrected chi connectivity index (χ4v) is 1.86. The van der Waals surface area contributed by atoms with Crippen molar-refractivity contribution in [1.29, 1.82) is 0 Å². The Morgan fingerprint density at radius 3 is 2.35 bits per heavy atom. The second-order valence-electron chi connectivity index (χ2n) is 4.59. The predicted molar refractivity (Wildman–Crippen MR) is 74.5 cm³/mol. The lowest BCUT2D eigenvalue weighted by atomic mass is 10.0. The lowest BCUT2D eigenvalue weighted by molar-refractivity contribution is -0.137. The van der Waals surface area contributed by atoms with Crippen molar-refractivity contribution in [2.24, 2.45) is 5.73 Å². The van der Waals surface area contributed by atoms with Crippen LogP contribution in [0.15, 0.2) is 12.1 Å². The Labute approximate surface area is 118 Å². The first-order valence-corrected chi connectivity index (χ1v) is 6.29. The summed E-state index contributed by atoms with van der Waals surface area (Å²) in [5.74, 6) is 0.382. The van der Waals surface area contributed by atoms with Gasteiger partial charge in [-0.25, -0.2) is 0 Å². The van der Waals surface area contributed by atoms with Gasteiger partial charge in [-0.15, -0.1) is 0 Å². The molecule has 112 valence electrons. The van der Waals surface area contributed by atoms with E-state index >= 15 is 0 Å². The van der Waals surface area contributed by atoms with E-state index in [-0.39, 0.29) is 12.5 Å². The number of aliphatic carboxylic acids is 1. The standard InChI is InChI=1S/C14H21NO5/c1-8(2)20-13-9(10(15)7-12(16)17)5-6-11(18-3)14(13)19-4/h5-6,8,10H,7,15H2,1-4H3,(H,16,17). The Balaban J connectivity index is 3.31. The van der Waals surface area contributed by atoms with Gasteiger partial charge in [0.15, 0.2) is 11.5 Å². The van der Waals surface area contributed by atoms with Gasteiger partial charge in [0.1, 0.15) is 0 Å². The molecule has 0 aliphatic rings. The minimum Gasteiger partial charge on any atom is -0.493 e. The van der Waals surface area contributed by atoms with Gasteiger partial charge in [0.2, 0.25) is 5.75 Å². The normalized spacial score (nSPS) is 12.1. The summed E-state index contributed by atoms with van der Waals surface area (Å²) in [4.78, 5) is 10.8. The Kier molecular flexibility index (Phi) is 5.64. The molecule has 0 heterocycles. The molecule has 20 heavy (non-hydrogen) atoms. The molecule has 0 bridgehead atoms. The minimum atomic E-state index is -0.970. The molecule has 0 fully saturated rings. The quantitative estimate of drug-likeness (QED) is 0.795. The van der Waals surface area contributed by atoms with Crippen molar-refractivity contribution < 1.29 is 24.1 Å². The molecule has 1 unspecified atom stereocenters. The number of carboxylic acid groups (broad SMARTS) is 1. The van der Waals surface area contributed by atoms with Gasteiger partial charge in [-0.05, 0) is 26.0 Å². The van der Waals surface area contributed by atoms with Crippen LogP contribution in [0.5, 0.6) is 17.2 Å².